The van der Waals surface area contributed by atoms with Gasteiger partial charge in [0.25, 0.3) is 0 Å². The third-order valence-electron chi connectivity index (χ3n) is 4.73. The second-order valence-corrected chi connectivity index (χ2v) is 6.13. The molecule has 5 nitrogen and oxygen atoms in total. The first-order chi connectivity index (χ1) is 11.3. The standard InChI is InChI=1S/C18H26N4O/c1-3-22-10-9-20-18(22)17(15-6-11-23-12-7-15)21-13-16-5-4-8-19-14(16)2/h4-5,8-10,15,17,21H,3,6-7,11-13H2,1-2H3/t17-/m0/s1. The zero-order valence-electron chi connectivity index (χ0n) is 14.0. The second-order valence-electron chi connectivity index (χ2n) is 6.13. The predicted octanol–water partition coefficient (Wildman–Crippen LogP) is 2.86. The molecule has 2 aromatic heterocycles. The van der Waals surface area contributed by atoms with Crippen LogP contribution in [0.25, 0.3) is 0 Å². The number of rotatable bonds is 6. The van der Waals surface area contributed by atoms with E-state index in [0.717, 1.165) is 50.7 Å². The van der Waals surface area contributed by atoms with Crippen molar-refractivity contribution in [2.24, 2.45) is 5.92 Å². The van der Waals surface area contributed by atoms with E-state index >= 15 is 0 Å². The maximum atomic E-state index is 5.54. The fraction of sp³-hybridized carbons (Fsp3) is 0.556. The van der Waals surface area contributed by atoms with Crippen molar-refractivity contribution in [1.29, 1.82) is 0 Å². The van der Waals surface area contributed by atoms with Gasteiger partial charge < -0.3 is 14.6 Å². The SMILES string of the molecule is CCn1ccnc1[C@@H](NCc1cccnc1C)C1CCOCC1. The van der Waals surface area contributed by atoms with E-state index in [9.17, 15) is 0 Å². The lowest BCUT2D eigenvalue weighted by Crippen LogP contribution is -2.34. The van der Waals surface area contributed by atoms with Crippen LogP contribution in [0.1, 0.15) is 42.9 Å². The average molecular weight is 314 g/mol. The van der Waals surface area contributed by atoms with Gasteiger partial charge in [-0.05, 0) is 44.2 Å². The molecule has 0 aliphatic carbocycles. The Balaban J connectivity index is 1.79. The monoisotopic (exact) mass is 314 g/mol. The highest BCUT2D eigenvalue weighted by Gasteiger charge is 2.28. The molecule has 5 heteroatoms. The Bertz CT molecular complexity index is 619. The molecule has 3 heterocycles. The van der Waals surface area contributed by atoms with Gasteiger partial charge in [-0.15, -0.1) is 0 Å². The Kier molecular flexibility index (Phi) is 5.41. The summed E-state index contributed by atoms with van der Waals surface area (Å²) in [5.74, 6) is 1.70. The minimum Gasteiger partial charge on any atom is -0.381 e. The van der Waals surface area contributed by atoms with Crippen LogP contribution in [-0.4, -0.2) is 27.7 Å². The van der Waals surface area contributed by atoms with Crippen molar-refractivity contribution in [2.75, 3.05) is 13.2 Å². The summed E-state index contributed by atoms with van der Waals surface area (Å²) in [5, 5.41) is 3.74. The minimum atomic E-state index is 0.258. The number of hydrogen-bond acceptors (Lipinski definition) is 4. The van der Waals surface area contributed by atoms with E-state index in [2.05, 4.69) is 46.0 Å². The minimum absolute atomic E-state index is 0.258. The molecule has 0 radical (unpaired) electrons. The number of imidazole rings is 1. The molecule has 0 unspecified atom stereocenters. The highest BCUT2D eigenvalue weighted by atomic mass is 16.5. The highest BCUT2D eigenvalue weighted by molar-refractivity contribution is 5.18. The number of ether oxygens (including phenoxy) is 1. The number of aryl methyl sites for hydroxylation is 2. The van der Waals surface area contributed by atoms with Crippen LogP contribution in [0.5, 0.6) is 0 Å². The summed E-state index contributed by atoms with van der Waals surface area (Å²) in [5.41, 5.74) is 2.34. The van der Waals surface area contributed by atoms with Gasteiger partial charge in [-0.25, -0.2) is 4.98 Å². The van der Waals surface area contributed by atoms with Crippen LogP contribution in [0, 0.1) is 12.8 Å². The van der Waals surface area contributed by atoms with Crippen LogP contribution in [0.2, 0.25) is 0 Å². The van der Waals surface area contributed by atoms with Gasteiger partial charge in [0.2, 0.25) is 0 Å². The van der Waals surface area contributed by atoms with E-state index in [1.54, 1.807) is 0 Å². The third-order valence-corrected chi connectivity index (χ3v) is 4.73. The van der Waals surface area contributed by atoms with E-state index in [-0.39, 0.29) is 6.04 Å². The van der Waals surface area contributed by atoms with Gasteiger partial charge in [0.05, 0.1) is 6.04 Å². The molecule has 2 aromatic rings. The van der Waals surface area contributed by atoms with Crippen molar-refractivity contribution in [1.82, 2.24) is 19.9 Å². The smallest absolute Gasteiger partial charge is 0.126 e. The van der Waals surface area contributed by atoms with Crippen LogP contribution in [0.3, 0.4) is 0 Å². The van der Waals surface area contributed by atoms with Gasteiger partial charge in [-0.3, -0.25) is 4.98 Å². The van der Waals surface area contributed by atoms with Crippen LogP contribution >= 0.6 is 0 Å². The zero-order chi connectivity index (χ0) is 16.1. The van der Waals surface area contributed by atoms with Crippen LogP contribution in [0.4, 0.5) is 0 Å². The predicted molar refractivity (Wildman–Crippen MR) is 90.0 cm³/mol. The molecule has 124 valence electrons. The quantitative estimate of drug-likeness (QED) is 0.891. The highest BCUT2D eigenvalue weighted by Crippen LogP contribution is 2.29. The first-order valence-electron chi connectivity index (χ1n) is 8.52. The molecule has 1 aliphatic rings. The molecule has 1 atom stereocenters. The molecule has 0 bridgehead atoms. The molecule has 0 saturated carbocycles. The first kappa shape index (κ1) is 16.1. The summed E-state index contributed by atoms with van der Waals surface area (Å²) < 4.78 is 7.78. The van der Waals surface area contributed by atoms with Crippen LogP contribution < -0.4 is 5.32 Å². The van der Waals surface area contributed by atoms with E-state index in [1.807, 2.05) is 18.5 Å². The fourth-order valence-corrected chi connectivity index (χ4v) is 3.31. The van der Waals surface area contributed by atoms with E-state index < -0.39 is 0 Å². The van der Waals surface area contributed by atoms with Gasteiger partial charge in [0.15, 0.2) is 0 Å². The Hall–Kier alpha value is -1.72. The summed E-state index contributed by atoms with van der Waals surface area (Å²) in [4.78, 5) is 9.03. The third kappa shape index (κ3) is 3.79. The van der Waals surface area contributed by atoms with Gasteiger partial charge in [-0.1, -0.05) is 6.07 Å². The lowest BCUT2D eigenvalue weighted by Gasteiger charge is -2.31. The van der Waals surface area contributed by atoms with E-state index in [0.29, 0.717) is 5.92 Å². The maximum absolute atomic E-state index is 5.54. The Labute approximate surface area is 138 Å². The summed E-state index contributed by atoms with van der Waals surface area (Å²) in [6, 6.07) is 4.40. The number of hydrogen-bond donors (Lipinski definition) is 1. The molecule has 23 heavy (non-hydrogen) atoms. The van der Waals surface area contributed by atoms with Crippen molar-refractivity contribution >= 4 is 0 Å². The lowest BCUT2D eigenvalue weighted by molar-refractivity contribution is 0.0517. The maximum Gasteiger partial charge on any atom is 0.126 e. The molecule has 1 aliphatic heterocycles. The van der Waals surface area contributed by atoms with Crippen molar-refractivity contribution in [2.45, 2.75) is 45.8 Å². The van der Waals surface area contributed by atoms with Gasteiger partial charge >= 0.3 is 0 Å². The zero-order valence-corrected chi connectivity index (χ0v) is 14.0. The Morgan fingerprint density at radius 3 is 2.87 bits per heavy atom. The molecule has 0 amide bonds. The van der Waals surface area contributed by atoms with Crippen molar-refractivity contribution in [3.8, 4) is 0 Å². The van der Waals surface area contributed by atoms with Gasteiger partial charge in [-0.2, -0.15) is 0 Å². The first-order valence-corrected chi connectivity index (χ1v) is 8.52. The summed E-state index contributed by atoms with van der Waals surface area (Å²) in [6.07, 6.45) is 7.99. The Morgan fingerprint density at radius 2 is 2.13 bits per heavy atom. The van der Waals surface area contributed by atoms with Crippen LogP contribution in [0.15, 0.2) is 30.7 Å². The fourth-order valence-electron chi connectivity index (χ4n) is 3.31. The van der Waals surface area contributed by atoms with Crippen molar-refractivity contribution < 1.29 is 4.74 Å². The summed E-state index contributed by atoms with van der Waals surface area (Å²) in [6.45, 7) is 7.69. The number of aromatic nitrogens is 3. The normalized spacial score (nSPS) is 17.3. The summed E-state index contributed by atoms with van der Waals surface area (Å²) in [7, 11) is 0. The molecular weight excluding hydrogens is 288 g/mol. The molecule has 3 rings (SSSR count). The van der Waals surface area contributed by atoms with E-state index in [4.69, 9.17) is 4.74 Å². The average Bonchev–Trinajstić information content (AvgIpc) is 3.06. The van der Waals surface area contributed by atoms with Crippen LogP contribution in [-0.2, 0) is 17.8 Å². The lowest BCUT2D eigenvalue weighted by atomic mass is 9.90. The summed E-state index contributed by atoms with van der Waals surface area (Å²) >= 11 is 0. The number of nitrogens with zero attached hydrogens (tertiary/aromatic N) is 3. The molecule has 1 fully saturated rings. The molecular formula is C18H26N4O. The largest absolute Gasteiger partial charge is 0.381 e. The van der Waals surface area contributed by atoms with Crippen molar-refractivity contribution in [3.05, 3.63) is 47.8 Å². The second kappa shape index (κ2) is 7.70. The number of nitrogens with one attached hydrogen (secondary N) is 1. The molecule has 0 spiro atoms. The molecule has 0 aromatic carbocycles. The van der Waals surface area contributed by atoms with Crippen molar-refractivity contribution in [3.63, 3.8) is 0 Å². The molecule has 1 saturated heterocycles. The number of pyridine rings is 1. The van der Waals surface area contributed by atoms with E-state index in [1.165, 1.54) is 5.56 Å². The Morgan fingerprint density at radius 1 is 1.30 bits per heavy atom. The molecule has 1 N–H and O–H groups in total. The van der Waals surface area contributed by atoms with Gasteiger partial charge in [0, 0.05) is 50.6 Å². The topological polar surface area (TPSA) is 52.0 Å². The van der Waals surface area contributed by atoms with Gasteiger partial charge in [0.1, 0.15) is 5.82 Å².